The summed E-state index contributed by atoms with van der Waals surface area (Å²) in [5.74, 6) is 0. The third-order valence-electron chi connectivity index (χ3n) is 1.72. The molecule has 12 heavy (non-hydrogen) atoms. The Labute approximate surface area is 73.8 Å². The Morgan fingerprint density at radius 1 is 1.25 bits per heavy atom. The normalized spacial score (nSPS) is 16.5. The van der Waals surface area contributed by atoms with Gasteiger partial charge in [0.1, 0.15) is 12.5 Å². The molecule has 0 aromatic heterocycles. The molecule has 0 aromatic rings. The molecule has 0 radical (unpaired) electrons. The summed E-state index contributed by atoms with van der Waals surface area (Å²) in [6, 6.07) is 0. The third kappa shape index (κ3) is 4.66. The van der Waals surface area contributed by atoms with Crippen LogP contribution in [0.2, 0.25) is 0 Å². The Balaban J connectivity index is 3.64. The zero-order valence-corrected chi connectivity index (χ0v) is 8.03. The maximum absolute atomic E-state index is 9.21. The zero-order chi connectivity index (χ0) is 9.56. The van der Waals surface area contributed by atoms with Crippen molar-refractivity contribution in [3.63, 3.8) is 0 Å². The molecule has 0 rings (SSSR count). The molecule has 0 aliphatic rings. The van der Waals surface area contributed by atoms with Crippen molar-refractivity contribution in [2.75, 3.05) is 20.3 Å². The standard InChI is InChI=1S/C8H19NO3/c1-7(10)9(8(2)11)5-4-6-12-3/h7-8,10-11H,4-6H2,1-3H3. The quantitative estimate of drug-likeness (QED) is 0.443. The molecular formula is C8H19NO3. The van der Waals surface area contributed by atoms with Crippen molar-refractivity contribution in [1.29, 1.82) is 0 Å². The predicted octanol–water partition coefficient (Wildman–Crippen LogP) is 0.00150. The molecule has 74 valence electrons. The van der Waals surface area contributed by atoms with Gasteiger partial charge in [-0.05, 0) is 20.3 Å². The number of methoxy groups -OCH3 is 1. The van der Waals surface area contributed by atoms with Gasteiger partial charge in [-0.2, -0.15) is 0 Å². The molecule has 0 saturated carbocycles. The van der Waals surface area contributed by atoms with E-state index in [2.05, 4.69) is 0 Å². The third-order valence-corrected chi connectivity index (χ3v) is 1.72. The van der Waals surface area contributed by atoms with Crippen LogP contribution < -0.4 is 0 Å². The zero-order valence-electron chi connectivity index (χ0n) is 8.03. The van der Waals surface area contributed by atoms with Crippen LogP contribution in [0.25, 0.3) is 0 Å². The van der Waals surface area contributed by atoms with Gasteiger partial charge in [0.25, 0.3) is 0 Å². The first-order valence-corrected chi connectivity index (χ1v) is 4.20. The van der Waals surface area contributed by atoms with Crippen LogP contribution >= 0.6 is 0 Å². The molecule has 4 heteroatoms. The van der Waals surface area contributed by atoms with E-state index < -0.39 is 12.5 Å². The highest BCUT2D eigenvalue weighted by atomic mass is 16.5. The minimum Gasteiger partial charge on any atom is -0.385 e. The van der Waals surface area contributed by atoms with Crippen LogP contribution in [-0.4, -0.2) is 47.8 Å². The first-order valence-electron chi connectivity index (χ1n) is 4.20. The van der Waals surface area contributed by atoms with Crippen molar-refractivity contribution >= 4 is 0 Å². The second-order valence-corrected chi connectivity index (χ2v) is 2.85. The van der Waals surface area contributed by atoms with E-state index in [9.17, 15) is 10.2 Å². The van der Waals surface area contributed by atoms with E-state index in [1.807, 2.05) is 0 Å². The van der Waals surface area contributed by atoms with E-state index in [0.29, 0.717) is 13.2 Å². The molecule has 4 nitrogen and oxygen atoms in total. The Kier molecular flexibility index (Phi) is 6.28. The van der Waals surface area contributed by atoms with Crippen molar-refractivity contribution in [1.82, 2.24) is 4.90 Å². The van der Waals surface area contributed by atoms with Crippen LogP contribution in [0.3, 0.4) is 0 Å². The smallest absolute Gasteiger partial charge is 0.106 e. The average molecular weight is 177 g/mol. The van der Waals surface area contributed by atoms with E-state index in [1.54, 1.807) is 25.9 Å². The first-order chi connectivity index (χ1) is 5.59. The average Bonchev–Trinajstić information content (AvgIpc) is 1.96. The van der Waals surface area contributed by atoms with Crippen LogP contribution in [0.15, 0.2) is 0 Å². The SMILES string of the molecule is COCCCN(C(C)O)C(C)O. The van der Waals surface area contributed by atoms with Crippen LogP contribution in [0, 0.1) is 0 Å². The van der Waals surface area contributed by atoms with Crippen molar-refractivity contribution < 1.29 is 14.9 Å². The molecule has 0 fully saturated rings. The van der Waals surface area contributed by atoms with Gasteiger partial charge in [-0.3, -0.25) is 4.90 Å². The summed E-state index contributed by atoms with van der Waals surface area (Å²) < 4.78 is 4.86. The summed E-state index contributed by atoms with van der Waals surface area (Å²) in [6.07, 6.45) is -0.407. The fourth-order valence-electron chi connectivity index (χ4n) is 1.08. The van der Waals surface area contributed by atoms with Gasteiger partial charge in [-0.25, -0.2) is 0 Å². The number of rotatable bonds is 6. The number of hydrogen-bond donors (Lipinski definition) is 2. The lowest BCUT2D eigenvalue weighted by atomic mass is 10.3. The molecule has 2 N–H and O–H groups in total. The largest absolute Gasteiger partial charge is 0.385 e. The van der Waals surface area contributed by atoms with Crippen LogP contribution in [0.1, 0.15) is 20.3 Å². The molecule has 2 atom stereocenters. The maximum Gasteiger partial charge on any atom is 0.106 e. The van der Waals surface area contributed by atoms with Gasteiger partial charge >= 0.3 is 0 Å². The fraction of sp³-hybridized carbons (Fsp3) is 1.00. The molecule has 0 bridgehead atoms. The van der Waals surface area contributed by atoms with Gasteiger partial charge in [0.2, 0.25) is 0 Å². The molecule has 0 spiro atoms. The predicted molar refractivity (Wildman–Crippen MR) is 46.6 cm³/mol. The molecular weight excluding hydrogens is 158 g/mol. The molecule has 0 heterocycles. The Bertz CT molecular complexity index is 98.5. The highest BCUT2D eigenvalue weighted by Gasteiger charge is 2.14. The van der Waals surface area contributed by atoms with Gasteiger partial charge in [0.05, 0.1) is 0 Å². The second-order valence-electron chi connectivity index (χ2n) is 2.85. The van der Waals surface area contributed by atoms with E-state index in [0.717, 1.165) is 6.42 Å². The molecule has 0 aromatic carbocycles. The fourth-order valence-corrected chi connectivity index (χ4v) is 1.08. The summed E-state index contributed by atoms with van der Waals surface area (Å²) in [6.45, 7) is 4.57. The lowest BCUT2D eigenvalue weighted by Crippen LogP contribution is -2.41. The van der Waals surface area contributed by atoms with Crippen molar-refractivity contribution in [3.05, 3.63) is 0 Å². The number of aliphatic hydroxyl groups excluding tert-OH is 2. The Morgan fingerprint density at radius 2 is 1.75 bits per heavy atom. The van der Waals surface area contributed by atoms with Gasteiger partial charge in [-0.1, -0.05) is 0 Å². The number of aliphatic hydroxyl groups is 2. The highest BCUT2D eigenvalue weighted by molar-refractivity contribution is 4.58. The van der Waals surface area contributed by atoms with Crippen LogP contribution in [0.4, 0.5) is 0 Å². The van der Waals surface area contributed by atoms with E-state index in [-0.39, 0.29) is 0 Å². The Hall–Kier alpha value is -0.160. The summed E-state index contributed by atoms with van der Waals surface area (Å²) in [5.41, 5.74) is 0. The highest BCUT2D eigenvalue weighted by Crippen LogP contribution is 2.01. The number of ether oxygens (including phenoxy) is 1. The van der Waals surface area contributed by atoms with Gasteiger partial charge < -0.3 is 14.9 Å². The van der Waals surface area contributed by atoms with E-state index >= 15 is 0 Å². The van der Waals surface area contributed by atoms with Crippen molar-refractivity contribution in [2.24, 2.45) is 0 Å². The minimum atomic E-state index is -0.609. The number of hydrogen-bond acceptors (Lipinski definition) is 4. The first kappa shape index (κ1) is 11.8. The number of nitrogens with zero attached hydrogens (tertiary/aromatic N) is 1. The van der Waals surface area contributed by atoms with E-state index in [4.69, 9.17) is 4.74 Å². The Morgan fingerprint density at radius 3 is 2.08 bits per heavy atom. The van der Waals surface area contributed by atoms with Gasteiger partial charge in [0, 0.05) is 20.3 Å². The molecule has 2 unspecified atom stereocenters. The summed E-state index contributed by atoms with van der Waals surface area (Å²) in [5, 5.41) is 18.4. The van der Waals surface area contributed by atoms with E-state index in [1.165, 1.54) is 0 Å². The maximum atomic E-state index is 9.21. The minimum absolute atomic E-state index is 0.609. The monoisotopic (exact) mass is 177 g/mol. The summed E-state index contributed by atoms with van der Waals surface area (Å²) in [7, 11) is 1.63. The lowest BCUT2D eigenvalue weighted by molar-refractivity contribution is -0.0860. The van der Waals surface area contributed by atoms with Gasteiger partial charge in [-0.15, -0.1) is 0 Å². The molecule has 0 saturated heterocycles. The van der Waals surface area contributed by atoms with Gasteiger partial charge in [0.15, 0.2) is 0 Å². The summed E-state index contributed by atoms with van der Waals surface area (Å²) >= 11 is 0. The molecule has 0 aliphatic heterocycles. The topological polar surface area (TPSA) is 52.9 Å². The van der Waals surface area contributed by atoms with Crippen molar-refractivity contribution in [2.45, 2.75) is 32.7 Å². The second kappa shape index (κ2) is 6.37. The molecule has 0 aliphatic carbocycles. The van der Waals surface area contributed by atoms with Crippen molar-refractivity contribution in [3.8, 4) is 0 Å². The van der Waals surface area contributed by atoms with Crippen LogP contribution in [-0.2, 0) is 4.74 Å². The molecule has 0 amide bonds. The van der Waals surface area contributed by atoms with Crippen LogP contribution in [0.5, 0.6) is 0 Å². The summed E-state index contributed by atoms with van der Waals surface area (Å²) in [4.78, 5) is 1.60. The lowest BCUT2D eigenvalue weighted by Gasteiger charge is -2.27.